The van der Waals surface area contributed by atoms with E-state index in [9.17, 15) is 9.59 Å². The molecule has 0 radical (unpaired) electrons. The predicted octanol–water partition coefficient (Wildman–Crippen LogP) is -1.19. The number of primary amides is 2. The molecule has 2 bridgehead atoms. The van der Waals surface area contributed by atoms with E-state index in [1.54, 1.807) is 6.08 Å². The summed E-state index contributed by atoms with van der Waals surface area (Å²) < 4.78 is 5.33. The highest BCUT2D eigenvalue weighted by Crippen LogP contribution is 2.43. The van der Waals surface area contributed by atoms with Crippen molar-refractivity contribution in [2.45, 2.75) is 24.5 Å². The van der Waals surface area contributed by atoms with E-state index in [1.165, 1.54) is 0 Å². The van der Waals surface area contributed by atoms with Crippen LogP contribution in [0.1, 0.15) is 12.8 Å². The average Bonchev–Trinajstić information content (AvgIpc) is 2.60. The van der Waals surface area contributed by atoms with Crippen molar-refractivity contribution < 1.29 is 14.3 Å². The van der Waals surface area contributed by atoms with Crippen LogP contribution >= 0.6 is 0 Å². The third-order valence-electron chi connectivity index (χ3n) is 2.58. The van der Waals surface area contributed by atoms with E-state index < -0.39 is 17.4 Å². The first-order valence-electron chi connectivity index (χ1n) is 4.06. The fourth-order valence-electron chi connectivity index (χ4n) is 1.95. The second kappa shape index (κ2) is 2.32. The maximum Gasteiger partial charge on any atom is 0.254 e. The minimum absolute atomic E-state index is 0.171. The lowest BCUT2D eigenvalue weighted by Crippen LogP contribution is -2.46. The lowest BCUT2D eigenvalue weighted by atomic mass is 9.85. The van der Waals surface area contributed by atoms with Gasteiger partial charge in [-0.05, 0) is 18.9 Å². The lowest BCUT2D eigenvalue weighted by molar-refractivity contribution is -0.136. The first-order valence-corrected chi connectivity index (χ1v) is 4.06. The van der Waals surface area contributed by atoms with Crippen LogP contribution in [0.4, 0.5) is 0 Å². The molecule has 2 aliphatic heterocycles. The molecule has 1 saturated heterocycles. The molecule has 0 aromatic rings. The third-order valence-corrected chi connectivity index (χ3v) is 2.58. The van der Waals surface area contributed by atoms with Gasteiger partial charge in [0.15, 0.2) is 5.60 Å². The maximum absolute atomic E-state index is 11.1. The summed E-state index contributed by atoms with van der Waals surface area (Å²) in [5.74, 6) is -1.25. The molecule has 1 fully saturated rings. The average molecular weight is 182 g/mol. The van der Waals surface area contributed by atoms with Gasteiger partial charge in [0.25, 0.3) is 5.91 Å². The van der Waals surface area contributed by atoms with Gasteiger partial charge in [0, 0.05) is 0 Å². The molecule has 2 amide bonds. The highest BCUT2D eigenvalue weighted by Gasteiger charge is 2.54. The van der Waals surface area contributed by atoms with Crippen molar-refractivity contribution >= 4 is 11.8 Å². The van der Waals surface area contributed by atoms with E-state index in [0.717, 1.165) is 6.42 Å². The molecule has 0 saturated carbocycles. The molecule has 5 heteroatoms. The van der Waals surface area contributed by atoms with Crippen LogP contribution in [0.2, 0.25) is 0 Å². The Balaban J connectivity index is 2.44. The zero-order valence-electron chi connectivity index (χ0n) is 6.95. The number of fused-ring (bicyclic) bond motifs is 2. The Hall–Kier alpha value is -1.36. The van der Waals surface area contributed by atoms with Crippen molar-refractivity contribution in [2.24, 2.45) is 11.5 Å². The summed E-state index contributed by atoms with van der Waals surface area (Å²) in [6.45, 7) is 0. The Kier molecular flexibility index (Phi) is 1.47. The molecule has 2 atom stereocenters. The summed E-state index contributed by atoms with van der Waals surface area (Å²) in [7, 11) is 0. The number of hydrogen-bond acceptors (Lipinski definition) is 3. The molecule has 13 heavy (non-hydrogen) atoms. The van der Waals surface area contributed by atoms with Gasteiger partial charge in [-0.3, -0.25) is 9.59 Å². The van der Waals surface area contributed by atoms with Crippen LogP contribution in [0.25, 0.3) is 0 Å². The number of nitrogens with two attached hydrogens (primary N) is 2. The zero-order valence-corrected chi connectivity index (χ0v) is 6.95. The van der Waals surface area contributed by atoms with Gasteiger partial charge in [-0.2, -0.15) is 0 Å². The molecule has 0 aromatic carbocycles. The Morgan fingerprint density at radius 2 is 2.23 bits per heavy atom. The van der Waals surface area contributed by atoms with Gasteiger partial charge in [-0.1, -0.05) is 0 Å². The van der Waals surface area contributed by atoms with Gasteiger partial charge in [0.05, 0.1) is 11.7 Å². The summed E-state index contributed by atoms with van der Waals surface area (Å²) in [5, 5.41) is 0. The van der Waals surface area contributed by atoms with E-state index >= 15 is 0 Å². The molecule has 70 valence electrons. The second-order valence-electron chi connectivity index (χ2n) is 3.33. The lowest BCUT2D eigenvalue weighted by Gasteiger charge is -2.22. The van der Waals surface area contributed by atoms with Gasteiger partial charge in [-0.15, -0.1) is 0 Å². The van der Waals surface area contributed by atoms with Crippen LogP contribution in [0.3, 0.4) is 0 Å². The van der Waals surface area contributed by atoms with E-state index in [-0.39, 0.29) is 11.7 Å². The van der Waals surface area contributed by atoms with Crippen LogP contribution < -0.4 is 11.5 Å². The molecule has 4 N–H and O–H groups in total. The van der Waals surface area contributed by atoms with Crippen molar-refractivity contribution in [3.63, 3.8) is 0 Å². The quantitative estimate of drug-likeness (QED) is 0.562. The number of amides is 2. The normalized spacial score (nSPS) is 36.0. The molecule has 0 aromatic heterocycles. The second-order valence-corrected chi connectivity index (χ2v) is 3.33. The summed E-state index contributed by atoms with van der Waals surface area (Å²) in [5.41, 5.74) is 9.29. The molecule has 0 spiro atoms. The third kappa shape index (κ3) is 0.904. The number of carbonyl (C=O) groups excluding carboxylic acids is 2. The molecule has 2 rings (SSSR count). The largest absolute Gasteiger partial charge is 0.367 e. The molecule has 0 aliphatic carbocycles. The highest BCUT2D eigenvalue weighted by molar-refractivity contribution is 6.04. The predicted molar refractivity (Wildman–Crippen MR) is 43.3 cm³/mol. The Morgan fingerprint density at radius 1 is 1.54 bits per heavy atom. The van der Waals surface area contributed by atoms with E-state index in [4.69, 9.17) is 16.2 Å². The maximum atomic E-state index is 11.1. The van der Waals surface area contributed by atoms with Crippen molar-refractivity contribution in [3.05, 3.63) is 11.6 Å². The van der Waals surface area contributed by atoms with Crippen molar-refractivity contribution in [2.75, 3.05) is 0 Å². The van der Waals surface area contributed by atoms with E-state index in [0.29, 0.717) is 6.42 Å². The number of ether oxygens (including phenoxy) is 1. The van der Waals surface area contributed by atoms with Gasteiger partial charge in [0.2, 0.25) is 5.91 Å². The Bertz CT molecular complexity index is 323. The molecular weight excluding hydrogens is 172 g/mol. The summed E-state index contributed by atoms with van der Waals surface area (Å²) in [6, 6.07) is 0. The fourth-order valence-corrected chi connectivity index (χ4v) is 1.95. The summed E-state index contributed by atoms with van der Waals surface area (Å²) in [4.78, 5) is 22.1. The Morgan fingerprint density at radius 3 is 2.62 bits per heavy atom. The zero-order chi connectivity index (χ0) is 9.64. The number of rotatable bonds is 2. The van der Waals surface area contributed by atoms with Gasteiger partial charge in [-0.25, -0.2) is 0 Å². The van der Waals surface area contributed by atoms with Crippen molar-refractivity contribution in [1.29, 1.82) is 0 Å². The standard InChI is InChI=1S/C8H10N2O3/c9-6(11)5-3-4-1-2-8(5,13-4)7(10)12/h3-4H,1-2H2,(H2,9,11)(H2,10,12). The molecule has 2 unspecified atom stereocenters. The fraction of sp³-hybridized carbons (Fsp3) is 0.500. The van der Waals surface area contributed by atoms with Crippen LogP contribution in [0.15, 0.2) is 11.6 Å². The van der Waals surface area contributed by atoms with Crippen LogP contribution in [0.5, 0.6) is 0 Å². The van der Waals surface area contributed by atoms with Gasteiger partial charge < -0.3 is 16.2 Å². The summed E-state index contributed by atoms with van der Waals surface area (Å²) in [6.07, 6.45) is 2.60. The first-order chi connectivity index (χ1) is 6.06. The topological polar surface area (TPSA) is 95.4 Å². The molecule has 5 nitrogen and oxygen atoms in total. The summed E-state index contributed by atoms with van der Waals surface area (Å²) >= 11 is 0. The van der Waals surface area contributed by atoms with E-state index in [2.05, 4.69) is 0 Å². The molecule has 2 aliphatic rings. The minimum Gasteiger partial charge on any atom is -0.367 e. The van der Waals surface area contributed by atoms with Crippen LogP contribution in [0, 0.1) is 0 Å². The molecule has 2 heterocycles. The minimum atomic E-state index is -1.23. The van der Waals surface area contributed by atoms with Gasteiger partial charge in [0.1, 0.15) is 0 Å². The number of hydrogen-bond donors (Lipinski definition) is 2. The van der Waals surface area contributed by atoms with Gasteiger partial charge >= 0.3 is 0 Å². The molecular formula is C8H10N2O3. The van der Waals surface area contributed by atoms with Crippen LogP contribution in [-0.4, -0.2) is 23.5 Å². The Labute approximate surface area is 74.7 Å². The van der Waals surface area contributed by atoms with Crippen molar-refractivity contribution in [1.82, 2.24) is 0 Å². The first kappa shape index (κ1) is 8.25. The SMILES string of the molecule is NC(=O)C1=CC2CCC1(C(N)=O)O2. The van der Waals surface area contributed by atoms with E-state index in [1.807, 2.05) is 0 Å². The smallest absolute Gasteiger partial charge is 0.254 e. The van der Waals surface area contributed by atoms with Crippen molar-refractivity contribution in [3.8, 4) is 0 Å². The van der Waals surface area contributed by atoms with Crippen LogP contribution in [-0.2, 0) is 14.3 Å². The highest BCUT2D eigenvalue weighted by atomic mass is 16.5. The number of carbonyl (C=O) groups is 2. The monoisotopic (exact) mass is 182 g/mol.